The standard InChI is InChI=1S/C13H27N3OS/c1-12(11-16-7-3-4-8-16)10-15-13(18)14-6-5-9-17-2/h12H,3-11H2,1-2H3,(H2,14,15,18). The maximum Gasteiger partial charge on any atom is 0.166 e. The van der Waals surface area contributed by atoms with E-state index in [0.717, 1.165) is 31.2 Å². The molecule has 1 fully saturated rings. The van der Waals surface area contributed by atoms with Gasteiger partial charge >= 0.3 is 0 Å². The Morgan fingerprint density at radius 2 is 2.06 bits per heavy atom. The maximum atomic E-state index is 5.23. The molecule has 1 rings (SSSR count). The number of methoxy groups -OCH3 is 1. The molecular weight excluding hydrogens is 246 g/mol. The molecule has 0 aliphatic carbocycles. The first-order valence-electron chi connectivity index (χ1n) is 6.95. The molecule has 1 aliphatic rings. The molecule has 106 valence electrons. The summed E-state index contributed by atoms with van der Waals surface area (Å²) in [5, 5.41) is 7.24. The van der Waals surface area contributed by atoms with Crippen LogP contribution < -0.4 is 10.6 Å². The van der Waals surface area contributed by atoms with Crippen molar-refractivity contribution in [2.45, 2.75) is 26.2 Å². The molecule has 1 aliphatic heterocycles. The summed E-state index contributed by atoms with van der Waals surface area (Å²) >= 11 is 5.23. The van der Waals surface area contributed by atoms with Crippen molar-refractivity contribution in [2.75, 3.05) is 46.4 Å². The van der Waals surface area contributed by atoms with Crippen molar-refractivity contribution >= 4 is 17.3 Å². The van der Waals surface area contributed by atoms with E-state index in [2.05, 4.69) is 22.5 Å². The second-order valence-electron chi connectivity index (χ2n) is 5.10. The summed E-state index contributed by atoms with van der Waals surface area (Å²) in [6.07, 6.45) is 3.71. The van der Waals surface area contributed by atoms with Crippen molar-refractivity contribution in [3.05, 3.63) is 0 Å². The van der Waals surface area contributed by atoms with E-state index in [1.54, 1.807) is 7.11 Å². The van der Waals surface area contributed by atoms with Crippen LogP contribution in [0.4, 0.5) is 0 Å². The number of hydrogen-bond donors (Lipinski definition) is 2. The quantitative estimate of drug-likeness (QED) is 0.514. The van der Waals surface area contributed by atoms with Gasteiger partial charge in [-0.2, -0.15) is 0 Å². The van der Waals surface area contributed by atoms with E-state index in [1.807, 2.05) is 0 Å². The first-order valence-corrected chi connectivity index (χ1v) is 7.36. The van der Waals surface area contributed by atoms with E-state index in [0.29, 0.717) is 5.92 Å². The van der Waals surface area contributed by atoms with Crippen LogP contribution in [0.1, 0.15) is 26.2 Å². The summed E-state index contributed by atoms with van der Waals surface area (Å²) in [4.78, 5) is 2.54. The number of thiocarbonyl (C=S) groups is 1. The zero-order chi connectivity index (χ0) is 13.2. The molecule has 1 saturated heterocycles. The van der Waals surface area contributed by atoms with E-state index in [1.165, 1.54) is 32.5 Å². The van der Waals surface area contributed by atoms with Crippen LogP contribution in [0.3, 0.4) is 0 Å². The number of rotatable bonds is 8. The number of ether oxygens (including phenoxy) is 1. The predicted molar refractivity (Wildman–Crippen MR) is 79.9 cm³/mol. The molecule has 0 saturated carbocycles. The second-order valence-corrected chi connectivity index (χ2v) is 5.50. The van der Waals surface area contributed by atoms with E-state index < -0.39 is 0 Å². The van der Waals surface area contributed by atoms with Crippen LogP contribution in [0.5, 0.6) is 0 Å². The van der Waals surface area contributed by atoms with Crippen molar-refractivity contribution in [1.82, 2.24) is 15.5 Å². The summed E-state index contributed by atoms with van der Waals surface area (Å²) < 4.78 is 4.99. The Morgan fingerprint density at radius 3 is 2.72 bits per heavy atom. The van der Waals surface area contributed by atoms with Crippen LogP contribution in [0.2, 0.25) is 0 Å². The third-order valence-electron chi connectivity index (χ3n) is 3.19. The molecule has 4 nitrogen and oxygen atoms in total. The Morgan fingerprint density at radius 1 is 1.33 bits per heavy atom. The fourth-order valence-electron chi connectivity index (χ4n) is 2.22. The molecule has 1 atom stereocenters. The Kier molecular flexibility index (Phi) is 8.29. The normalized spacial score (nSPS) is 17.7. The molecular formula is C13H27N3OS. The molecule has 18 heavy (non-hydrogen) atoms. The van der Waals surface area contributed by atoms with Crippen molar-refractivity contribution < 1.29 is 4.74 Å². The first-order chi connectivity index (χ1) is 8.72. The second kappa shape index (κ2) is 9.53. The highest BCUT2D eigenvalue weighted by atomic mass is 32.1. The van der Waals surface area contributed by atoms with E-state index in [9.17, 15) is 0 Å². The lowest BCUT2D eigenvalue weighted by atomic mass is 10.1. The number of likely N-dealkylation sites (tertiary alicyclic amines) is 1. The lowest BCUT2D eigenvalue weighted by molar-refractivity contribution is 0.195. The highest BCUT2D eigenvalue weighted by molar-refractivity contribution is 7.80. The third kappa shape index (κ3) is 7.13. The van der Waals surface area contributed by atoms with Crippen molar-refractivity contribution in [1.29, 1.82) is 0 Å². The minimum atomic E-state index is 0.641. The number of hydrogen-bond acceptors (Lipinski definition) is 3. The lowest BCUT2D eigenvalue weighted by Crippen LogP contribution is -2.40. The Balaban J connectivity index is 1.98. The Bertz CT molecular complexity index is 232. The molecule has 0 aromatic carbocycles. The van der Waals surface area contributed by atoms with Crippen molar-refractivity contribution in [3.8, 4) is 0 Å². The van der Waals surface area contributed by atoms with Gasteiger partial charge in [-0.15, -0.1) is 0 Å². The molecule has 5 heteroatoms. The largest absolute Gasteiger partial charge is 0.385 e. The van der Waals surface area contributed by atoms with Gasteiger partial charge in [0.15, 0.2) is 5.11 Å². The van der Waals surface area contributed by atoms with Gasteiger partial charge in [-0.25, -0.2) is 0 Å². The van der Waals surface area contributed by atoms with Gasteiger partial charge in [-0.3, -0.25) is 0 Å². The van der Waals surface area contributed by atoms with Crippen LogP contribution in [-0.2, 0) is 4.74 Å². The molecule has 0 bridgehead atoms. The first kappa shape index (κ1) is 15.7. The van der Waals surface area contributed by atoms with Crippen LogP contribution in [0, 0.1) is 5.92 Å². The van der Waals surface area contributed by atoms with Gasteiger partial charge in [0.2, 0.25) is 0 Å². The Labute approximate surface area is 116 Å². The summed E-state index contributed by atoms with van der Waals surface area (Å²) in [7, 11) is 1.72. The molecule has 0 radical (unpaired) electrons. The van der Waals surface area contributed by atoms with Gasteiger partial charge in [0.25, 0.3) is 0 Å². The van der Waals surface area contributed by atoms with Crippen LogP contribution >= 0.6 is 12.2 Å². The number of nitrogens with one attached hydrogen (secondary N) is 2. The van der Waals surface area contributed by atoms with Crippen molar-refractivity contribution in [2.24, 2.45) is 5.92 Å². The predicted octanol–water partition coefficient (Wildman–Crippen LogP) is 1.22. The summed E-state index contributed by atoms with van der Waals surface area (Å²) in [6.45, 7) is 8.60. The van der Waals surface area contributed by atoms with E-state index >= 15 is 0 Å². The Hall–Kier alpha value is -0.390. The molecule has 1 unspecified atom stereocenters. The zero-order valence-corrected chi connectivity index (χ0v) is 12.5. The molecule has 0 spiro atoms. The highest BCUT2D eigenvalue weighted by Gasteiger charge is 2.14. The lowest BCUT2D eigenvalue weighted by Gasteiger charge is -2.21. The van der Waals surface area contributed by atoms with Crippen LogP contribution in [0.15, 0.2) is 0 Å². The molecule has 0 aromatic rings. The van der Waals surface area contributed by atoms with Gasteiger partial charge in [-0.05, 0) is 50.5 Å². The SMILES string of the molecule is COCCCNC(=S)NCC(C)CN1CCCC1. The molecule has 1 heterocycles. The summed E-state index contributed by atoms with van der Waals surface area (Å²) in [5.41, 5.74) is 0. The van der Waals surface area contributed by atoms with Crippen molar-refractivity contribution in [3.63, 3.8) is 0 Å². The topological polar surface area (TPSA) is 36.5 Å². The van der Waals surface area contributed by atoms with E-state index in [4.69, 9.17) is 17.0 Å². The maximum absolute atomic E-state index is 5.23. The monoisotopic (exact) mass is 273 g/mol. The minimum Gasteiger partial charge on any atom is -0.385 e. The molecule has 0 aromatic heterocycles. The van der Waals surface area contributed by atoms with Gasteiger partial charge in [-0.1, -0.05) is 6.92 Å². The third-order valence-corrected chi connectivity index (χ3v) is 3.48. The van der Waals surface area contributed by atoms with Gasteiger partial charge in [0.1, 0.15) is 0 Å². The zero-order valence-electron chi connectivity index (χ0n) is 11.7. The average Bonchev–Trinajstić information content (AvgIpc) is 2.85. The average molecular weight is 273 g/mol. The molecule has 2 N–H and O–H groups in total. The van der Waals surface area contributed by atoms with Gasteiger partial charge < -0.3 is 20.3 Å². The summed E-state index contributed by atoms with van der Waals surface area (Å²) in [6, 6.07) is 0. The van der Waals surface area contributed by atoms with Gasteiger partial charge in [0, 0.05) is 33.4 Å². The number of nitrogens with zero attached hydrogens (tertiary/aromatic N) is 1. The minimum absolute atomic E-state index is 0.641. The highest BCUT2D eigenvalue weighted by Crippen LogP contribution is 2.09. The van der Waals surface area contributed by atoms with Crippen LogP contribution in [0.25, 0.3) is 0 Å². The molecule has 0 amide bonds. The van der Waals surface area contributed by atoms with Gasteiger partial charge in [0.05, 0.1) is 0 Å². The summed E-state index contributed by atoms with van der Waals surface area (Å²) in [5.74, 6) is 0.641. The van der Waals surface area contributed by atoms with E-state index in [-0.39, 0.29) is 0 Å². The fourth-order valence-corrected chi connectivity index (χ4v) is 2.40. The fraction of sp³-hybridized carbons (Fsp3) is 0.923. The smallest absolute Gasteiger partial charge is 0.166 e. The van der Waals surface area contributed by atoms with Crippen LogP contribution in [-0.4, -0.2) is 56.5 Å².